The lowest BCUT2D eigenvalue weighted by molar-refractivity contribution is 0.140. The van der Waals surface area contributed by atoms with Crippen LogP contribution in [0, 0.1) is 13.8 Å². The van der Waals surface area contributed by atoms with Crippen molar-refractivity contribution < 1.29 is 14.6 Å². The van der Waals surface area contributed by atoms with Crippen molar-refractivity contribution in [3.05, 3.63) is 22.8 Å². The van der Waals surface area contributed by atoms with Crippen LogP contribution in [0.3, 0.4) is 0 Å². The lowest BCUT2D eigenvalue weighted by atomic mass is 9.99. The van der Waals surface area contributed by atoms with Gasteiger partial charge < -0.3 is 14.6 Å². The van der Waals surface area contributed by atoms with Gasteiger partial charge in [-0.25, -0.2) is 0 Å². The van der Waals surface area contributed by atoms with E-state index in [1.165, 1.54) is 0 Å². The van der Waals surface area contributed by atoms with Crippen molar-refractivity contribution in [2.75, 3.05) is 6.79 Å². The van der Waals surface area contributed by atoms with Crippen molar-refractivity contribution in [2.24, 2.45) is 0 Å². The first-order valence-corrected chi connectivity index (χ1v) is 5.24. The molecule has 1 aromatic rings. The maximum atomic E-state index is 10.1. The first-order chi connectivity index (χ1) is 7.12. The second-order valence-corrected chi connectivity index (χ2v) is 4.46. The highest BCUT2D eigenvalue weighted by molar-refractivity contribution is 5.58. The molecule has 1 aliphatic heterocycles. The zero-order chi connectivity index (χ0) is 10.6. The van der Waals surface area contributed by atoms with Crippen LogP contribution in [-0.2, 0) is 5.60 Å². The molecule has 1 saturated carbocycles. The molecule has 2 aliphatic rings. The fourth-order valence-electron chi connectivity index (χ4n) is 2.06. The van der Waals surface area contributed by atoms with Crippen LogP contribution < -0.4 is 9.47 Å². The van der Waals surface area contributed by atoms with Crippen molar-refractivity contribution in [3.63, 3.8) is 0 Å². The lowest BCUT2D eigenvalue weighted by Crippen LogP contribution is -2.06. The number of aryl methyl sites for hydroxylation is 1. The third-order valence-corrected chi connectivity index (χ3v) is 3.38. The Labute approximate surface area is 88.6 Å². The van der Waals surface area contributed by atoms with Crippen molar-refractivity contribution >= 4 is 0 Å². The highest BCUT2D eigenvalue weighted by Crippen LogP contribution is 2.53. The van der Waals surface area contributed by atoms with Crippen molar-refractivity contribution in [1.82, 2.24) is 0 Å². The zero-order valence-electron chi connectivity index (χ0n) is 8.96. The summed E-state index contributed by atoms with van der Waals surface area (Å²) in [6.07, 6.45) is 1.65. The van der Waals surface area contributed by atoms with Crippen LogP contribution in [0.1, 0.15) is 29.5 Å². The van der Waals surface area contributed by atoms with Crippen LogP contribution in [-0.4, -0.2) is 11.9 Å². The molecule has 1 fully saturated rings. The Bertz CT molecular complexity index is 433. The molecule has 1 aliphatic carbocycles. The summed E-state index contributed by atoms with van der Waals surface area (Å²) in [5.74, 6) is 1.56. The van der Waals surface area contributed by atoms with Gasteiger partial charge in [-0.3, -0.25) is 0 Å². The number of hydrogen-bond donors (Lipinski definition) is 1. The molecule has 3 heteroatoms. The SMILES string of the molecule is Cc1cc(C2(O)CC2)c2c(c1C)OCO2. The number of rotatable bonds is 1. The molecule has 0 bridgehead atoms. The third-order valence-electron chi connectivity index (χ3n) is 3.38. The minimum absolute atomic E-state index is 0.267. The summed E-state index contributed by atoms with van der Waals surface area (Å²) >= 11 is 0. The summed E-state index contributed by atoms with van der Waals surface area (Å²) in [6.45, 7) is 4.32. The van der Waals surface area contributed by atoms with Crippen LogP contribution in [0.4, 0.5) is 0 Å². The number of ether oxygens (including phenoxy) is 2. The van der Waals surface area contributed by atoms with E-state index in [0.29, 0.717) is 0 Å². The Balaban J connectivity index is 2.23. The highest BCUT2D eigenvalue weighted by Gasteiger charge is 2.46. The topological polar surface area (TPSA) is 38.7 Å². The van der Waals surface area contributed by atoms with Gasteiger partial charge in [-0.2, -0.15) is 0 Å². The molecule has 0 aromatic heterocycles. The summed E-state index contributed by atoms with van der Waals surface area (Å²) in [4.78, 5) is 0. The van der Waals surface area contributed by atoms with Crippen LogP contribution in [0.25, 0.3) is 0 Å². The standard InChI is InChI=1S/C12H14O3/c1-7-5-9(12(13)3-4-12)11-10(8(7)2)14-6-15-11/h5,13H,3-4,6H2,1-2H3. The van der Waals surface area contributed by atoms with E-state index in [1.807, 2.05) is 19.9 Å². The van der Waals surface area contributed by atoms with Gasteiger partial charge in [-0.15, -0.1) is 0 Å². The quantitative estimate of drug-likeness (QED) is 0.764. The van der Waals surface area contributed by atoms with Gasteiger partial charge in [0.25, 0.3) is 0 Å². The Hall–Kier alpha value is -1.22. The second-order valence-electron chi connectivity index (χ2n) is 4.46. The van der Waals surface area contributed by atoms with E-state index in [0.717, 1.165) is 41.0 Å². The van der Waals surface area contributed by atoms with Crippen LogP contribution in [0.15, 0.2) is 6.07 Å². The van der Waals surface area contributed by atoms with E-state index in [9.17, 15) is 5.11 Å². The fourth-order valence-corrected chi connectivity index (χ4v) is 2.06. The minimum atomic E-state index is -0.657. The Kier molecular flexibility index (Phi) is 1.61. The molecule has 0 radical (unpaired) electrons. The number of benzene rings is 1. The minimum Gasteiger partial charge on any atom is -0.453 e. The van der Waals surface area contributed by atoms with Gasteiger partial charge in [0, 0.05) is 5.56 Å². The van der Waals surface area contributed by atoms with Crippen molar-refractivity contribution in [3.8, 4) is 11.5 Å². The van der Waals surface area contributed by atoms with Crippen molar-refractivity contribution in [2.45, 2.75) is 32.3 Å². The molecule has 0 amide bonds. The number of hydrogen-bond acceptors (Lipinski definition) is 3. The molecular weight excluding hydrogens is 192 g/mol. The third kappa shape index (κ3) is 1.16. The van der Waals surface area contributed by atoms with Crippen LogP contribution in [0.5, 0.6) is 11.5 Å². The van der Waals surface area contributed by atoms with Gasteiger partial charge in [-0.1, -0.05) is 0 Å². The molecule has 0 atom stereocenters. The average molecular weight is 206 g/mol. The first-order valence-electron chi connectivity index (χ1n) is 5.24. The molecule has 1 heterocycles. The molecule has 3 rings (SSSR count). The van der Waals surface area contributed by atoms with E-state index in [-0.39, 0.29) is 6.79 Å². The van der Waals surface area contributed by atoms with Crippen LogP contribution >= 0.6 is 0 Å². The average Bonchev–Trinajstić information content (AvgIpc) is 2.80. The Morgan fingerprint density at radius 1 is 1.20 bits per heavy atom. The highest BCUT2D eigenvalue weighted by atomic mass is 16.7. The van der Waals surface area contributed by atoms with Crippen molar-refractivity contribution in [1.29, 1.82) is 0 Å². The van der Waals surface area contributed by atoms with Gasteiger partial charge in [0.15, 0.2) is 11.5 Å². The normalized spacial score (nSPS) is 20.5. The Morgan fingerprint density at radius 2 is 1.87 bits per heavy atom. The molecule has 0 spiro atoms. The van der Waals surface area contributed by atoms with E-state index < -0.39 is 5.60 Å². The summed E-state index contributed by atoms with van der Waals surface area (Å²) < 4.78 is 10.9. The molecule has 15 heavy (non-hydrogen) atoms. The van der Waals surface area contributed by atoms with E-state index in [1.54, 1.807) is 0 Å². The monoisotopic (exact) mass is 206 g/mol. The zero-order valence-corrected chi connectivity index (χ0v) is 8.96. The molecule has 1 aromatic carbocycles. The maximum Gasteiger partial charge on any atom is 0.231 e. The van der Waals surface area contributed by atoms with Gasteiger partial charge in [0.2, 0.25) is 6.79 Å². The molecule has 0 saturated heterocycles. The molecule has 0 unspecified atom stereocenters. The number of aliphatic hydroxyl groups is 1. The molecular formula is C12H14O3. The molecule has 80 valence electrons. The predicted molar refractivity (Wildman–Crippen MR) is 55.2 cm³/mol. The van der Waals surface area contributed by atoms with E-state index in [4.69, 9.17) is 9.47 Å². The van der Waals surface area contributed by atoms with E-state index >= 15 is 0 Å². The lowest BCUT2D eigenvalue weighted by Gasteiger charge is -2.14. The number of fused-ring (bicyclic) bond motifs is 1. The summed E-state index contributed by atoms with van der Waals surface area (Å²) in [7, 11) is 0. The summed E-state index contributed by atoms with van der Waals surface area (Å²) in [5, 5.41) is 10.1. The first kappa shape index (κ1) is 9.04. The van der Waals surface area contributed by atoms with Gasteiger partial charge in [0.05, 0.1) is 5.60 Å². The van der Waals surface area contributed by atoms with Gasteiger partial charge >= 0.3 is 0 Å². The Morgan fingerprint density at radius 3 is 2.53 bits per heavy atom. The van der Waals surface area contributed by atoms with Crippen LogP contribution in [0.2, 0.25) is 0 Å². The summed E-state index contributed by atoms with van der Waals surface area (Å²) in [6, 6.07) is 2.02. The van der Waals surface area contributed by atoms with Gasteiger partial charge in [0.1, 0.15) is 0 Å². The molecule has 3 nitrogen and oxygen atoms in total. The van der Waals surface area contributed by atoms with Gasteiger partial charge in [-0.05, 0) is 43.9 Å². The second kappa shape index (κ2) is 2.67. The smallest absolute Gasteiger partial charge is 0.231 e. The maximum absolute atomic E-state index is 10.1. The fraction of sp³-hybridized carbons (Fsp3) is 0.500. The van der Waals surface area contributed by atoms with E-state index in [2.05, 4.69) is 0 Å². The summed E-state index contributed by atoms with van der Waals surface area (Å²) in [5.41, 5.74) is 2.50. The molecule has 1 N–H and O–H groups in total. The largest absolute Gasteiger partial charge is 0.453 e. The predicted octanol–water partition coefficient (Wildman–Crippen LogP) is 2.01.